The molecule has 1 aromatic rings. The predicted molar refractivity (Wildman–Crippen MR) is 106 cm³/mol. The number of ketones is 1. The van der Waals surface area contributed by atoms with Gasteiger partial charge in [-0.2, -0.15) is 11.8 Å². The lowest BCUT2D eigenvalue weighted by molar-refractivity contribution is -0.128. The van der Waals surface area contributed by atoms with Crippen molar-refractivity contribution in [2.45, 2.75) is 71.3 Å². The van der Waals surface area contributed by atoms with E-state index in [0.717, 1.165) is 24.8 Å². The number of aryl methyl sites for hydroxylation is 3. The first-order chi connectivity index (χ1) is 12.0. The number of aliphatic hydroxyl groups is 1. The van der Waals surface area contributed by atoms with Gasteiger partial charge in [0, 0.05) is 6.42 Å². The minimum atomic E-state index is -0.517. The molecule has 1 aliphatic heterocycles. The average molecular weight is 361 g/mol. The molecule has 0 bridgehead atoms. The summed E-state index contributed by atoms with van der Waals surface area (Å²) in [6.07, 6.45) is 5.27. The third kappa shape index (κ3) is 3.98. The van der Waals surface area contributed by atoms with Gasteiger partial charge in [-0.05, 0) is 79.1 Å². The van der Waals surface area contributed by atoms with Crippen LogP contribution in [-0.2, 0) is 17.6 Å². The number of benzene rings is 1. The van der Waals surface area contributed by atoms with E-state index in [1.165, 1.54) is 41.0 Å². The Morgan fingerprint density at radius 1 is 1.16 bits per heavy atom. The number of carbonyl (C=O) groups excluding carboxylic acids is 1. The van der Waals surface area contributed by atoms with Gasteiger partial charge in [0.1, 0.15) is 5.78 Å². The van der Waals surface area contributed by atoms with Gasteiger partial charge in [-0.3, -0.25) is 4.79 Å². The third-order valence-electron chi connectivity index (χ3n) is 6.17. The monoisotopic (exact) mass is 360 g/mol. The van der Waals surface area contributed by atoms with E-state index in [9.17, 15) is 9.90 Å². The SMILES string of the molecule is CCc1cc(C)cc(CC)c1C1C(=O)CC(C2CCCSC2)CC1O. The Morgan fingerprint density at radius 3 is 2.36 bits per heavy atom. The second-order valence-corrected chi connectivity index (χ2v) is 9.04. The summed E-state index contributed by atoms with van der Waals surface area (Å²) in [6.45, 7) is 6.43. The van der Waals surface area contributed by atoms with E-state index in [1.54, 1.807) is 0 Å². The van der Waals surface area contributed by atoms with Gasteiger partial charge in [-0.1, -0.05) is 31.5 Å². The first-order valence-electron chi connectivity index (χ1n) is 9.95. The van der Waals surface area contributed by atoms with Crippen LogP contribution in [0.3, 0.4) is 0 Å². The summed E-state index contributed by atoms with van der Waals surface area (Å²) in [5.41, 5.74) is 4.90. The molecule has 1 heterocycles. The van der Waals surface area contributed by atoms with Crippen molar-refractivity contribution in [3.8, 4) is 0 Å². The van der Waals surface area contributed by atoms with Gasteiger partial charge in [-0.25, -0.2) is 0 Å². The van der Waals surface area contributed by atoms with Gasteiger partial charge in [0.05, 0.1) is 12.0 Å². The Morgan fingerprint density at radius 2 is 1.84 bits per heavy atom. The zero-order chi connectivity index (χ0) is 18.0. The lowest BCUT2D eigenvalue weighted by Crippen LogP contribution is -2.39. The zero-order valence-corrected chi connectivity index (χ0v) is 16.7. The van der Waals surface area contributed by atoms with E-state index in [1.807, 2.05) is 11.8 Å². The Balaban J connectivity index is 1.88. The highest BCUT2D eigenvalue weighted by Gasteiger charge is 2.41. The smallest absolute Gasteiger partial charge is 0.143 e. The van der Waals surface area contributed by atoms with E-state index in [2.05, 4.69) is 32.9 Å². The van der Waals surface area contributed by atoms with Crippen LogP contribution in [0.2, 0.25) is 0 Å². The lowest BCUT2D eigenvalue weighted by atomic mass is 9.69. The van der Waals surface area contributed by atoms with Crippen LogP contribution in [0.5, 0.6) is 0 Å². The molecule has 0 amide bonds. The summed E-state index contributed by atoms with van der Waals surface area (Å²) in [4.78, 5) is 13.1. The molecule has 1 N–H and O–H groups in total. The number of aliphatic hydroxyl groups excluding tert-OH is 1. The van der Waals surface area contributed by atoms with Gasteiger partial charge in [-0.15, -0.1) is 0 Å². The first-order valence-corrected chi connectivity index (χ1v) is 11.1. The van der Waals surface area contributed by atoms with Crippen molar-refractivity contribution in [3.63, 3.8) is 0 Å². The van der Waals surface area contributed by atoms with E-state index < -0.39 is 6.10 Å². The highest BCUT2D eigenvalue weighted by atomic mass is 32.2. The molecule has 3 rings (SSSR count). The van der Waals surface area contributed by atoms with Crippen molar-refractivity contribution in [3.05, 3.63) is 34.4 Å². The van der Waals surface area contributed by atoms with Crippen molar-refractivity contribution < 1.29 is 9.90 Å². The molecule has 2 aliphatic rings. The molecule has 4 atom stereocenters. The van der Waals surface area contributed by atoms with Crippen LogP contribution in [0.25, 0.3) is 0 Å². The summed E-state index contributed by atoms with van der Waals surface area (Å²) in [6, 6.07) is 4.41. The van der Waals surface area contributed by atoms with E-state index in [0.29, 0.717) is 18.3 Å². The third-order valence-corrected chi connectivity index (χ3v) is 7.41. The molecule has 138 valence electrons. The summed E-state index contributed by atoms with van der Waals surface area (Å²) < 4.78 is 0. The minimum Gasteiger partial charge on any atom is -0.392 e. The van der Waals surface area contributed by atoms with Crippen LogP contribution in [0.1, 0.15) is 67.7 Å². The molecule has 3 heteroatoms. The zero-order valence-electron chi connectivity index (χ0n) is 15.9. The molecule has 1 saturated heterocycles. The Labute approximate surface area is 156 Å². The Bertz CT molecular complexity index is 593. The molecular formula is C22H32O2S. The predicted octanol–water partition coefficient (Wildman–Crippen LogP) is 4.69. The number of hydrogen-bond acceptors (Lipinski definition) is 3. The summed E-state index contributed by atoms with van der Waals surface area (Å²) in [5.74, 6) is 3.39. The Kier molecular flexibility index (Phi) is 6.27. The van der Waals surface area contributed by atoms with E-state index in [4.69, 9.17) is 0 Å². The van der Waals surface area contributed by atoms with Crippen LogP contribution in [0, 0.1) is 18.8 Å². The number of carbonyl (C=O) groups is 1. The molecule has 1 aromatic carbocycles. The van der Waals surface area contributed by atoms with Gasteiger partial charge >= 0.3 is 0 Å². The normalized spacial score (nSPS) is 30.5. The molecule has 1 saturated carbocycles. The highest BCUT2D eigenvalue weighted by molar-refractivity contribution is 7.99. The molecule has 2 nitrogen and oxygen atoms in total. The quantitative estimate of drug-likeness (QED) is 0.846. The topological polar surface area (TPSA) is 37.3 Å². The molecule has 1 aliphatic carbocycles. The molecule has 0 spiro atoms. The summed E-state index contributed by atoms with van der Waals surface area (Å²) >= 11 is 2.02. The van der Waals surface area contributed by atoms with E-state index >= 15 is 0 Å². The maximum Gasteiger partial charge on any atom is 0.143 e. The summed E-state index contributed by atoms with van der Waals surface area (Å²) in [7, 11) is 0. The van der Waals surface area contributed by atoms with Crippen molar-refractivity contribution in [2.24, 2.45) is 11.8 Å². The Hall–Kier alpha value is -0.800. The number of hydrogen-bond donors (Lipinski definition) is 1. The van der Waals surface area contributed by atoms with E-state index in [-0.39, 0.29) is 11.7 Å². The lowest BCUT2D eigenvalue weighted by Gasteiger charge is -2.38. The second-order valence-electron chi connectivity index (χ2n) is 7.89. The molecular weight excluding hydrogens is 328 g/mol. The standard InChI is InChI=1S/C22H32O2S/c1-4-15-9-14(3)10-16(5-2)21(15)22-19(23)11-18(12-20(22)24)17-7-6-8-25-13-17/h9-10,17-19,22-23H,4-8,11-13H2,1-3H3. The number of Topliss-reactive ketones (excluding diaryl/α,β-unsaturated/α-hetero) is 1. The van der Waals surface area contributed by atoms with Crippen LogP contribution in [-0.4, -0.2) is 28.5 Å². The van der Waals surface area contributed by atoms with Crippen molar-refractivity contribution >= 4 is 17.5 Å². The van der Waals surface area contributed by atoms with Gasteiger partial charge in [0.2, 0.25) is 0 Å². The van der Waals surface area contributed by atoms with Gasteiger partial charge in [0.25, 0.3) is 0 Å². The number of thioether (sulfide) groups is 1. The largest absolute Gasteiger partial charge is 0.392 e. The van der Waals surface area contributed by atoms with Crippen molar-refractivity contribution in [1.82, 2.24) is 0 Å². The van der Waals surface area contributed by atoms with Crippen molar-refractivity contribution in [2.75, 3.05) is 11.5 Å². The minimum absolute atomic E-state index is 0.271. The highest BCUT2D eigenvalue weighted by Crippen LogP contribution is 2.42. The van der Waals surface area contributed by atoms with Gasteiger partial charge < -0.3 is 5.11 Å². The fraction of sp³-hybridized carbons (Fsp3) is 0.682. The molecule has 2 fully saturated rings. The van der Waals surface area contributed by atoms with Crippen LogP contribution >= 0.6 is 11.8 Å². The van der Waals surface area contributed by atoms with Crippen LogP contribution in [0.15, 0.2) is 12.1 Å². The molecule has 0 radical (unpaired) electrons. The van der Waals surface area contributed by atoms with Gasteiger partial charge in [0.15, 0.2) is 0 Å². The number of rotatable bonds is 4. The van der Waals surface area contributed by atoms with Crippen LogP contribution in [0.4, 0.5) is 0 Å². The second kappa shape index (κ2) is 8.26. The van der Waals surface area contributed by atoms with Crippen LogP contribution < -0.4 is 0 Å². The molecule has 0 aromatic heterocycles. The molecule has 4 unspecified atom stereocenters. The molecule has 25 heavy (non-hydrogen) atoms. The average Bonchev–Trinajstić information content (AvgIpc) is 2.62. The fourth-order valence-electron chi connectivity index (χ4n) is 4.92. The first kappa shape index (κ1) is 19.0. The van der Waals surface area contributed by atoms with Crippen molar-refractivity contribution in [1.29, 1.82) is 0 Å². The maximum absolute atomic E-state index is 13.1. The fourth-order valence-corrected chi connectivity index (χ4v) is 6.20. The summed E-state index contributed by atoms with van der Waals surface area (Å²) in [5, 5.41) is 11.0. The maximum atomic E-state index is 13.1.